The number of H-pyrrole nitrogens is 1. The van der Waals surface area contributed by atoms with E-state index in [0.717, 1.165) is 5.76 Å². The van der Waals surface area contributed by atoms with E-state index in [2.05, 4.69) is 25.8 Å². The van der Waals surface area contributed by atoms with Gasteiger partial charge in [0.15, 0.2) is 11.5 Å². The molecular formula is C13H14N6O2. The number of furan rings is 1. The maximum atomic E-state index is 12.0. The van der Waals surface area contributed by atoms with Crippen LogP contribution in [0.1, 0.15) is 16.2 Å². The lowest BCUT2D eigenvalue weighted by molar-refractivity contribution is 0.0947. The van der Waals surface area contributed by atoms with E-state index in [9.17, 15) is 4.79 Å². The minimum atomic E-state index is -0.249. The molecule has 0 saturated carbocycles. The van der Waals surface area contributed by atoms with Crippen LogP contribution in [0.4, 0.5) is 0 Å². The molecule has 3 aromatic rings. The molecule has 0 aromatic carbocycles. The molecule has 0 spiro atoms. The summed E-state index contributed by atoms with van der Waals surface area (Å²) in [5.74, 6) is 1.21. The van der Waals surface area contributed by atoms with Gasteiger partial charge in [-0.1, -0.05) is 5.21 Å². The highest BCUT2D eigenvalue weighted by Gasteiger charge is 2.12. The van der Waals surface area contributed by atoms with Gasteiger partial charge in [-0.05, 0) is 19.1 Å². The molecule has 0 saturated heterocycles. The Bertz CT molecular complexity index is 728. The van der Waals surface area contributed by atoms with Gasteiger partial charge in [-0.3, -0.25) is 14.6 Å². The van der Waals surface area contributed by atoms with Crippen molar-refractivity contribution in [1.29, 1.82) is 0 Å². The Labute approximate surface area is 120 Å². The van der Waals surface area contributed by atoms with Crippen molar-refractivity contribution in [3.63, 3.8) is 0 Å². The molecule has 3 rings (SSSR count). The largest absolute Gasteiger partial charge is 0.460 e. The van der Waals surface area contributed by atoms with Crippen LogP contribution >= 0.6 is 0 Å². The summed E-state index contributed by atoms with van der Waals surface area (Å²) in [4.78, 5) is 12.0. The Hall–Kier alpha value is -2.90. The monoisotopic (exact) mass is 286 g/mol. The first kappa shape index (κ1) is 13.1. The van der Waals surface area contributed by atoms with Crippen molar-refractivity contribution in [1.82, 2.24) is 30.5 Å². The fourth-order valence-electron chi connectivity index (χ4n) is 1.87. The van der Waals surface area contributed by atoms with E-state index in [0.29, 0.717) is 30.2 Å². The van der Waals surface area contributed by atoms with Crippen LogP contribution in [-0.2, 0) is 6.54 Å². The molecule has 21 heavy (non-hydrogen) atoms. The number of aryl methyl sites for hydroxylation is 1. The number of carbonyl (C=O) groups excluding carboxylic acids is 1. The van der Waals surface area contributed by atoms with Gasteiger partial charge in [-0.25, -0.2) is 0 Å². The number of hydrogen-bond donors (Lipinski definition) is 2. The minimum absolute atomic E-state index is 0.249. The smallest absolute Gasteiger partial charge is 0.271 e. The van der Waals surface area contributed by atoms with E-state index in [1.807, 2.05) is 19.1 Å². The first-order chi connectivity index (χ1) is 10.2. The van der Waals surface area contributed by atoms with Crippen LogP contribution in [0, 0.1) is 6.92 Å². The summed E-state index contributed by atoms with van der Waals surface area (Å²) in [5.41, 5.74) is 0.988. The number of aromatic nitrogens is 5. The third-order valence-electron chi connectivity index (χ3n) is 2.91. The van der Waals surface area contributed by atoms with Gasteiger partial charge >= 0.3 is 0 Å². The standard InChI is InChI=1S/C13H14N6O2/c1-9-2-3-12(21-9)10-8-11(17-16-10)13(20)14-4-6-19-7-5-15-18-19/h2-3,5,7-8H,4,6H2,1H3,(H,14,20)(H,16,17). The molecule has 8 nitrogen and oxygen atoms in total. The summed E-state index contributed by atoms with van der Waals surface area (Å²) in [6, 6.07) is 5.34. The van der Waals surface area contributed by atoms with Gasteiger partial charge in [-0.2, -0.15) is 5.10 Å². The molecule has 0 atom stereocenters. The molecule has 0 aliphatic rings. The zero-order valence-electron chi connectivity index (χ0n) is 11.4. The number of hydrogen-bond acceptors (Lipinski definition) is 5. The Morgan fingerprint density at radius 2 is 2.38 bits per heavy atom. The average Bonchev–Trinajstić information content (AvgIpc) is 3.19. The normalized spacial score (nSPS) is 10.7. The van der Waals surface area contributed by atoms with Crippen molar-refractivity contribution in [3.8, 4) is 11.5 Å². The zero-order chi connectivity index (χ0) is 14.7. The van der Waals surface area contributed by atoms with Crippen LogP contribution in [0.25, 0.3) is 11.5 Å². The number of carbonyl (C=O) groups is 1. The summed E-state index contributed by atoms with van der Waals surface area (Å²) >= 11 is 0. The van der Waals surface area contributed by atoms with Crippen LogP contribution in [0.3, 0.4) is 0 Å². The van der Waals surface area contributed by atoms with E-state index < -0.39 is 0 Å². The third kappa shape index (κ3) is 2.99. The van der Waals surface area contributed by atoms with Crippen LogP contribution in [-0.4, -0.2) is 37.6 Å². The van der Waals surface area contributed by atoms with Crippen molar-refractivity contribution >= 4 is 5.91 Å². The maximum absolute atomic E-state index is 12.0. The van der Waals surface area contributed by atoms with Crippen LogP contribution in [0.5, 0.6) is 0 Å². The van der Waals surface area contributed by atoms with Gasteiger partial charge in [0.05, 0.1) is 12.7 Å². The van der Waals surface area contributed by atoms with Crippen molar-refractivity contribution in [2.45, 2.75) is 13.5 Å². The summed E-state index contributed by atoms with van der Waals surface area (Å²) in [7, 11) is 0. The summed E-state index contributed by atoms with van der Waals surface area (Å²) in [6.07, 6.45) is 3.32. The minimum Gasteiger partial charge on any atom is -0.460 e. The Morgan fingerprint density at radius 3 is 3.10 bits per heavy atom. The molecule has 0 aliphatic heterocycles. The Morgan fingerprint density at radius 1 is 1.48 bits per heavy atom. The van der Waals surface area contributed by atoms with E-state index in [1.54, 1.807) is 23.1 Å². The Balaban J connectivity index is 1.59. The van der Waals surface area contributed by atoms with Crippen molar-refractivity contribution in [2.75, 3.05) is 6.54 Å². The lowest BCUT2D eigenvalue weighted by Crippen LogP contribution is -2.27. The van der Waals surface area contributed by atoms with Gasteiger partial charge in [0.2, 0.25) is 0 Å². The third-order valence-corrected chi connectivity index (χ3v) is 2.91. The molecule has 3 heterocycles. The second kappa shape index (κ2) is 5.61. The zero-order valence-corrected chi connectivity index (χ0v) is 11.4. The molecular weight excluding hydrogens is 272 g/mol. The van der Waals surface area contributed by atoms with Gasteiger partial charge in [0.1, 0.15) is 11.5 Å². The second-order valence-corrected chi connectivity index (χ2v) is 4.50. The van der Waals surface area contributed by atoms with E-state index >= 15 is 0 Å². The van der Waals surface area contributed by atoms with E-state index in [-0.39, 0.29) is 5.91 Å². The molecule has 8 heteroatoms. The number of nitrogens with one attached hydrogen (secondary N) is 2. The van der Waals surface area contributed by atoms with Gasteiger partial charge in [0, 0.05) is 18.8 Å². The fraction of sp³-hybridized carbons (Fsp3) is 0.231. The summed E-state index contributed by atoms with van der Waals surface area (Å²) in [5, 5.41) is 17.0. The molecule has 0 aliphatic carbocycles. The molecule has 0 bridgehead atoms. The van der Waals surface area contributed by atoms with Gasteiger partial charge in [-0.15, -0.1) is 5.10 Å². The van der Waals surface area contributed by atoms with Crippen molar-refractivity contribution in [3.05, 3.63) is 42.0 Å². The van der Waals surface area contributed by atoms with Crippen molar-refractivity contribution < 1.29 is 9.21 Å². The SMILES string of the molecule is Cc1ccc(-c2cc(C(=O)NCCn3ccnn3)n[nH]2)o1. The number of rotatable bonds is 5. The predicted octanol–water partition coefficient (Wildman–Crippen LogP) is 1.000. The van der Waals surface area contributed by atoms with Crippen LogP contribution in [0.15, 0.2) is 35.0 Å². The molecule has 1 amide bonds. The van der Waals surface area contributed by atoms with Crippen molar-refractivity contribution in [2.24, 2.45) is 0 Å². The van der Waals surface area contributed by atoms with E-state index in [4.69, 9.17) is 4.42 Å². The molecule has 0 fully saturated rings. The first-order valence-corrected chi connectivity index (χ1v) is 6.47. The molecule has 3 aromatic heterocycles. The quantitative estimate of drug-likeness (QED) is 0.728. The highest BCUT2D eigenvalue weighted by molar-refractivity contribution is 5.93. The highest BCUT2D eigenvalue weighted by Crippen LogP contribution is 2.20. The highest BCUT2D eigenvalue weighted by atomic mass is 16.3. The van der Waals surface area contributed by atoms with Crippen LogP contribution in [0.2, 0.25) is 0 Å². The van der Waals surface area contributed by atoms with Gasteiger partial charge < -0.3 is 9.73 Å². The maximum Gasteiger partial charge on any atom is 0.271 e. The second-order valence-electron chi connectivity index (χ2n) is 4.50. The Kier molecular flexibility index (Phi) is 3.50. The van der Waals surface area contributed by atoms with Gasteiger partial charge in [0.25, 0.3) is 5.91 Å². The number of nitrogens with zero attached hydrogens (tertiary/aromatic N) is 4. The van der Waals surface area contributed by atoms with Crippen LogP contribution < -0.4 is 5.32 Å². The molecule has 108 valence electrons. The topological polar surface area (TPSA) is 102 Å². The number of amides is 1. The fourth-order valence-corrected chi connectivity index (χ4v) is 1.87. The lowest BCUT2D eigenvalue weighted by Gasteiger charge is -2.02. The summed E-state index contributed by atoms with van der Waals surface area (Å²) < 4.78 is 7.11. The average molecular weight is 286 g/mol. The molecule has 0 radical (unpaired) electrons. The molecule has 2 N–H and O–H groups in total. The molecule has 0 unspecified atom stereocenters. The summed E-state index contributed by atoms with van der Waals surface area (Å²) in [6.45, 7) is 2.86. The van der Waals surface area contributed by atoms with E-state index in [1.165, 1.54) is 0 Å². The number of aromatic amines is 1. The predicted molar refractivity (Wildman–Crippen MR) is 73.4 cm³/mol. The lowest BCUT2D eigenvalue weighted by atomic mass is 10.3. The first-order valence-electron chi connectivity index (χ1n) is 6.47.